The van der Waals surface area contributed by atoms with Crippen LogP contribution in [0.15, 0.2) is 77.5 Å². The molecular weight excluding hydrogens is 382 g/mol. The van der Waals surface area contributed by atoms with Gasteiger partial charge < -0.3 is 14.3 Å². The fourth-order valence-electron chi connectivity index (χ4n) is 3.74. The number of nitro benzene ring substituents is 1. The Bertz CT molecular complexity index is 1180. The van der Waals surface area contributed by atoms with Crippen LogP contribution >= 0.6 is 0 Å². The number of fused-ring (bicyclic) bond motifs is 1. The average molecular weight is 403 g/mol. The average Bonchev–Trinajstić information content (AvgIpc) is 3.39. The summed E-state index contributed by atoms with van der Waals surface area (Å²) in [6.45, 7) is 0.314. The van der Waals surface area contributed by atoms with Crippen molar-refractivity contribution in [1.82, 2.24) is 9.88 Å². The van der Waals surface area contributed by atoms with E-state index in [1.807, 2.05) is 42.1 Å². The Balaban J connectivity index is 1.67. The topological polar surface area (TPSA) is 90.3 Å². The highest BCUT2D eigenvalue weighted by molar-refractivity contribution is 5.86. The molecule has 7 nitrogen and oxygen atoms in total. The van der Waals surface area contributed by atoms with Gasteiger partial charge in [-0.2, -0.15) is 0 Å². The van der Waals surface area contributed by atoms with E-state index in [1.54, 1.807) is 30.5 Å². The van der Waals surface area contributed by atoms with Crippen LogP contribution in [0.2, 0.25) is 0 Å². The van der Waals surface area contributed by atoms with Gasteiger partial charge in [-0.15, -0.1) is 0 Å². The maximum absolute atomic E-state index is 12.7. The number of benzene rings is 2. The van der Waals surface area contributed by atoms with Gasteiger partial charge in [-0.25, -0.2) is 0 Å². The van der Waals surface area contributed by atoms with Crippen LogP contribution in [0.25, 0.3) is 10.9 Å². The smallest absolute Gasteiger partial charge is 0.269 e. The van der Waals surface area contributed by atoms with Crippen LogP contribution in [-0.2, 0) is 18.4 Å². The van der Waals surface area contributed by atoms with Crippen molar-refractivity contribution >= 4 is 22.5 Å². The fraction of sp³-hybridized carbons (Fsp3) is 0.174. The minimum atomic E-state index is -0.424. The second-order valence-corrected chi connectivity index (χ2v) is 7.17. The lowest BCUT2D eigenvalue weighted by atomic mass is 9.88. The third-order valence-corrected chi connectivity index (χ3v) is 5.24. The van der Waals surface area contributed by atoms with Gasteiger partial charge in [0.2, 0.25) is 5.91 Å². The molecule has 0 aliphatic heterocycles. The molecule has 0 bridgehead atoms. The highest BCUT2D eigenvalue weighted by atomic mass is 16.6. The lowest BCUT2D eigenvalue weighted by Crippen LogP contribution is -2.24. The molecule has 0 radical (unpaired) electrons. The maximum atomic E-state index is 12.7. The second-order valence-electron chi connectivity index (χ2n) is 7.17. The first kappa shape index (κ1) is 19.4. The standard InChI is InChI=1S/C23H21N3O4/c1-25-15-21(19-6-2-3-7-22(19)25)20(16-8-10-17(11-9-16)26(28)29)13-23(27)24-14-18-5-4-12-30-18/h2-12,15,20H,13-14H2,1H3,(H,24,27). The highest BCUT2D eigenvalue weighted by Crippen LogP contribution is 2.35. The van der Waals surface area contributed by atoms with E-state index in [2.05, 4.69) is 5.32 Å². The summed E-state index contributed by atoms with van der Waals surface area (Å²) in [6.07, 6.45) is 3.81. The van der Waals surface area contributed by atoms with Gasteiger partial charge in [0.1, 0.15) is 5.76 Å². The molecule has 1 atom stereocenters. The number of para-hydroxylation sites is 1. The molecule has 152 valence electrons. The summed E-state index contributed by atoms with van der Waals surface area (Å²) in [5.41, 5.74) is 2.95. The van der Waals surface area contributed by atoms with Gasteiger partial charge in [-0.05, 0) is 29.3 Å². The molecule has 2 aromatic heterocycles. The van der Waals surface area contributed by atoms with Crippen molar-refractivity contribution in [2.75, 3.05) is 0 Å². The van der Waals surface area contributed by atoms with Gasteiger partial charge in [0.25, 0.3) is 5.69 Å². The molecule has 0 fully saturated rings. The number of carbonyl (C=O) groups excluding carboxylic acids is 1. The molecule has 2 heterocycles. The van der Waals surface area contributed by atoms with Gasteiger partial charge >= 0.3 is 0 Å². The first-order chi connectivity index (χ1) is 14.5. The summed E-state index contributed by atoms with van der Waals surface area (Å²) < 4.78 is 7.30. The molecule has 1 N–H and O–H groups in total. The number of nitrogens with zero attached hydrogens (tertiary/aromatic N) is 2. The van der Waals surface area contributed by atoms with Gasteiger partial charge in [-0.3, -0.25) is 14.9 Å². The van der Waals surface area contributed by atoms with Crippen LogP contribution in [-0.4, -0.2) is 15.4 Å². The number of rotatable bonds is 7. The van der Waals surface area contributed by atoms with Crippen LogP contribution in [0.3, 0.4) is 0 Å². The van der Waals surface area contributed by atoms with Crippen LogP contribution in [0, 0.1) is 10.1 Å². The van der Waals surface area contributed by atoms with Crippen LogP contribution in [0.1, 0.15) is 29.2 Å². The largest absolute Gasteiger partial charge is 0.467 e. The lowest BCUT2D eigenvalue weighted by Gasteiger charge is -2.17. The first-order valence-electron chi connectivity index (χ1n) is 9.60. The molecule has 4 rings (SSSR count). The summed E-state index contributed by atoms with van der Waals surface area (Å²) in [5.74, 6) is 0.316. The van der Waals surface area contributed by atoms with Crippen molar-refractivity contribution in [1.29, 1.82) is 0 Å². The van der Waals surface area contributed by atoms with Crippen LogP contribution in [0.4, 0.5) is 5.69 Å². The third kappa shape index (κ3) is 3.96. The maximum Gasteiger partial charge on any atom is 0.269 e. The number of furan rings is 1. The van der Waals surface area contributed by atoms with Gasteiger partial charge in [-0.1, -0.05) is 30.3 Å². The van der Waals surface area contributed by atoms with Crippen molar-refractivity contribution in [3.63, 3.8) is 0 Å². The summed E-state index contributed by atoms with van der Waals surface area (Å²) >= 11 is 0. The molecule has 1 unspecified atom stereocenters. The first-order valence-corrected chi connectivity index (χ1v) is 9.60. The normalized spacial score (nSPS) is 12.0. The van der Waals surface area contributed by atoms with Crippen molar-refractivity contribution in [3.8, 4) is 0 Å². The monoisotopic (exact) mass is 403 g/mol. The molecule has 0 saturated heterocycles. The van der Waals surface area contributed by atoms with Crippen molar-refractivity contribution in [3.05, 3.63) is 100 Å². The lowest BCUT2D eigenvalue weighted by molar-refractivity contribution is -0.384. The number of nitrogens with one attached hydrogen (secondary N) is 1. The molecule has 0 aliphatic rings. The van der Waals surface area contributed by atoms with E-state index in [4.69, 9.17) is 4.42 Å². The summed E-state index contributed by atoms with van der Waals surface area (Å²) in [6, 6.07) is 18.0. The zero-order valence-corrected chi connectivity index (χ0v) is 16.4. The molecule has 0 spiro atoms. The fourth-order valence-corrected chi connectivity index (χ4v) is 3.74. The molecule has 30 heavy (non-hydrogen) atoms. The molecule has 0 aliphatic carbocycles. The zero-order valence-electron chi connectivity index (χ0n) is 16.4. The van der Waals surface area contributed by atoms with Crippen molar-refractivity contribution < 1.29 is 14.1 Å². The Labute approximate surface area is 173 Å². The number of carbonyl (C=O) groups is 1. The van der Waals surface area contributed by atoms with E-state index in [-0.39, 0.29) is 23.9 Å². The summed E-state index contributed by atoms with van der Waals surface area (Å²) in [7, 11) is 1.97. The Kier molecular flexibility index (Phi) is 5.34. The van der Waals surface area contributed by atoms with E-state index in [9.17, 15) is 14.9 Å². The SMILES string of the molecule is Cn1cc(C(CC(=O)NCc2ccco2)c2ccc([N+](=O)[O-])cc2)c2ccccc21. The predicted molar refractivity (Wildman–Crippen MR) is 113 cm³/mol. The third-order valence-electron chi connectivity index (χ3n) is 5.24. The Hall–Kier alpha value is -3.87. The Morgan fingerprint density at radius 2 is 1.90 bits per heavy atom. The molecular formula is C23H21N3O4. The number of hydrogen-bond donors (Lipinski definition) is 1. The van der Waals surface area contributed by atoms with Crippen molar-refractivity contribution in [2.24, 2.45) is 7.05 Å². The van der Waals surface area contributed by atoms with Crippen LogP contribution in [0.5, 0.6) is 0 Å². The number of non-ortho nitro benzene ring substituents is 1. The quantitative estimate of drug-likeness (QED) is 0.363. The molecule has 0 saturated carbocycles. The second kappa shape index (κ2) is 8.24. The van der Waals surface area contributed by atoms with E-state index in [0.717, 1.165) is 22.0 Å². The van der Waals surface area contributed by atoms with Gasteiger partial charge in [0, 0.05) is 48.6 Å². The van der Waals surface area contributed by atoms with Gasteiger partial charge in [0.05, 0.1) is 17.7 Å². The number of aromatic nitrogens is 1. The number of amides is 1. The van der Waals surface area contributed by atoms with E-state index < -0.39 is 4.92 Å². The van der Waals surface area contributed by atoms with Crippen LogP contribution < -0.4 is 5.32 Å². The highest BCUT2D eigenvalue weighted by Gasteiger charge is 2.23. The zero-order chi connectivity index (χ0) is 21.1. The van der Waals surface area contributed by atoms with Gasteiger partial charge in [0.15, 0.2) is 0 Å². The summed E-state index contributed by atoms with van der Waals surface area (Å²) in [4.78, 5) is 23.4. The molecule has 2 aromatic carbocycles. The van der Waals surface area contributed by atoms with E-state index >= 15 is 0 Å². The number of aryl methyl sites for hydroxylation is 1. The minimum Gasteiger partial charge on any atom is -0.467 e. The molecule has 4 aromatic rings. The number of nitro groups is 1. The molecule has 7 heteroatoms. The van der Waals surface area contributed by atoms with E-state index in [0.29, 0.717) is 12.3 Å². The summed E-state index contributed by atoms with van der Waals surface area (Å²) in [5, 5.41) is 15.0. The number of hydrogen-bond acceptors (Lipinski definition) is 4. The minimum absolute atomic E-state index is 0.0256. The Morgan fingerprint density at radius 3 is 2.60 bits per heavy atom. The van der Waals surface area contributed by atoms with E-state index in [1.165, 1.54) is 12.1 Å². The molecule has 1 amide bonds. The van der Waals surface area contributed by atoms with Crippen molar-refractivity contribution in [2.45, 2.75) is 18.9 Å². The Morgan fingerprint density at radius 1 is 1.13 bits per heavy atom. The predicted octanol–water partition coefficient (Wildman–Crippen LogP) is 4.52.